The lowest BCUT2D eigenvalue weighted by Gasteiger charge is -2.32. The van der Waals surface area contributed by atoms with E-state index in [9.17, 15) is 63.3 Å². The van der Waals surface area contributed by atoms with Crippen LogP contribution >= 0.6 is 11.8 Å². The maximum absolute atomic E-state index is 15.5. The van der Waals surface area contributed by atoms with Crippen molar-refractivity contribution < 1.29 is 96.8 Å². The number of aromatic nitrogens is 1. The first-order valence-electron chi connectivity index (χ1n) is 46.8. The maximum atomic E-state index is 15.5. The molecule has 0 aliphatic carbocycles. The van der Waals surface area contributed by atoms with Gasteiger partial charge in [-0.1, -0.05) is 170 Å². The number of likely N-dealkylation sites (N-methyl/N-ethyl adjacent to an activating group) is 1. The largest absolute Gasteiger partial charge is 0.508 e. The van der Waals surface area contributed by atoms with Crippen molar-refractivity contribution >= 4 is 135 Å². The normalized spacial score (nSPS) is 23.0. The number of aromatic hydroxyl groups is 1. The van der Waals surface area contributed by atoms with Crippen molar-refractivity contribution in [3.63, 3.8) is 0 Å². The molecule has 1 aliphatic rings. The van der Waals surface area contributed by atoms with Gasteiger partial charge in [0.25, 0.3) is 0 Å². The van der Waals surface area contributed by atoms with Gasteiger partial charge in [0, 0.05) is 68.7 Å². The van der Waals surface area contributed by atoms with Crippen molar-refractivity contribution in [2.45, 2.75) is 243 Å². The van der Waals surface area contributed by atoms with E-state index in [0.717, 1.165) is 23.0 Å². The number of benzene rings is 5. The van der Waals surface area contributed by atoms with Crippen LogP contribution in [0.25, 0.3) is 22.0 Å². The number of fused-ring (bicyclic) bond motifs is 1. The lowest BCUT2D eigenvalue weighted by Crippen LogP contribution is -2.62. The monoisotopic (exact) mass is 1970 g/mol. The zero-order valence-electron chi connectivity index (χ0n) is 80.9. The molecule has 43 nitrogen and oxygen atoms in total. The fraction of sp³-hybridized carbons (Fsp3) is 0.474. The highest BCUT2D eigenvalue weighted by Crippen LogP contribution is 2.24. The Balaban J connectivity index is 1.35. The van der Waals surface area contributed by atoms with Gasteiger partial charge in [-0.3, -0.25) is 92.3 Å². The highest BCUT2D eigenvalue weighted by atomic mass is 32.2. The number of primary amides is 1. The number of para-hydroxylation sites is 1. The quantitative estimate of drug-likeness (QED) is 0.0156. The standard InChI is InChI=1S/C97H135N23O20S/c1-12-23-66-84(129)117-79(53(6)7)93(138)119-80(56(10)121)94(139)116-75(91(136)106-54(8)81(98)126)49-141-50-76(123)107-70(43-57-24-15-13-16-25-57)86(131)112-71(45-59-34-38-63(122)39-35-59)88(133)114-74(47-77(124)125)89(134)113-73(46-62-48-105-65-29-20-19-28-64(62)65)90(135)118-78(52(4)5)92(137)115-72(44-58-32-36-61(37-33-58)60-26-17-14-18-27-60)87(132)110-68(31-22-41-104-97(101)102)95(140)120(11)55(9)82(127)111-69(42-51(2)3)85(130)109-67(83(128)108-66)30-21-40-103-96(99)100/h13-20,24-29,32-39,48,51-56,66-75,78-80,105,121-122H,12,21-23,30-31,40-47,49-50H2,1-11H3,(H2,98,126)(H,106,136)(H,107,123)(H,108,128)(H,109,130)(H,110,132)(H,111,127)(H,112,131)(H,113,134)(H,114,133)(H,115,137)(H,116,139)(H,117,129)(H,118,135)(H,119,138)(H,124,125)(H4,99,100,103)(H4,101,102,104)/t54-,55-,56+,66-,67-,68-,69+,70-,71-,72-,73-,74-,75-,78-,79-,80-/m0/s1. The molecule has 0 saturated carbocycles. The highest BCUT2D eigenvalue weighted by Gasteiger charge is 2.42. The fourth-order valence-corrected chi connectivity index (χ4v) is 16.2. The zero-order chi connectivity index (χ0) is 104. The molecule has 28 N–H and O–H groups in total. The lowest BCUT2D eigenvalue weighted by atomic mass is 9.98. The molecule has 0 spiro atoms. The van der Waals surface area contributed by atoms with E-state index < -0.39 is 245 Å². The van der Waals surface area contributed by atoms with Crippen LogP contribution in [0.2, 0.25) is 0 Å². The number of carboxylic acid groups (broad SMARTS) is 1. The second-order valence-corrected chi connectivity index (χ2v) is 37.0. The van der Waals surface area contributed by atoms with Gasteiger partial charge in [-0.2, -0.15) is 0 Å². The molecular formula is C97H135N23O20S. The number of aliphatic hydroxyl groups excluding tert-OH is 1. The number of phenols is 1. The SMILES string of the molecule is CCC[C@@H]1NC(=O)[C@H](CCCNC(=N)N)NC(=O)[C@@H](CC(C)C)NC(=O)[C@H](C)N(C)C(=O)[C@H](CCCNC(=N)N)NC(=O)[C@H](Cc2ccc(-c3ccccc3)cc2)NC(=O)[C@H](C(C)C)NC(=O)[C@H](Cc2c[nH]c3ccccc23)NC(=O)[C@H](CC(=O)O)NC(=O)[C@H](Cc2ccc(O)cc2)NC(=O)[C@H](Cc2ccccc2)NC(=O)CSC[C@@H](C(=O)N[C@@H](C)C(N)=O)NC(=O)[C@H]([C@@H](C)O)NC(=O)[C@H](C(C)C)NC1=O. The summed E-state index contributed by atoms with van der Waals surface area (Å²) >= 11 is 0.708. The van der Waals surface area contributed by atoms with E-state index >= 15 is 33.6 Å². The first kappa shape index (κ1) is 113. The van der Waals surface area contributed by atoms with E-state index in [1.165, 1.54) is 59.0 Å². The first-order valence-corrected chi connectivity index (χ1v) is 47.9. The Morgan fingerprint density at radius 1 is 0.468 bits per heavy atom. The molecule has 2 heterocycles. The number of guanidine groups is 2. The minimum atomic E-state index is -2.08. The number of H-pyrrole nitrogens is 1. The third-order valence-corrected chi connectivity index (χ3v) is 24.4. The van der Waals surface area contributed by atoms with Crippen LogP contribution in [0.3, 0.4) is 0 Å². The average Bonchev–Trinajstić information content (AvgIpc) is 1.72. The third kappa shape index (κ3) is 36.5. The molecule has 1 saturated heterocycles. The predicted octanol–water partition coefficient (Wildman–Crippen LogP) is -0.763. The molecule has 44 heteroatoms. The van der Waals surface area contributed by atoms with Crippen LogP contribution in [-0.4, -0.2) is 266 Å². The number of amides is 16. The van der Waals surface area contributed by atoms with E-state index in [1.54, 1.807) is 120 Å². The number of nitrogens with one attached hydrogen (secondary N) is 19. The van der Waals surface area contributed by atoms with Gasteiger partial charge in [0.1, 0.15) is 96.4 Å². The average molecular weight is 1980 g/mol. The molecule has 764 valence electrons. The number of nitrogens with two attached hydrogens (primary N) is 3. The second-order valence-electron chi connectivity index (χ2n) is 36.0. The molecule has 5 aromatic carbocycles. The first-order chi connectivity index (χ1) is 66.8. The molecule has 141 heavy (non-hydrogen) atoms. The van der Waals surface area contributed by atoms with Crippen LogP contribution in [0, 0.1) is 28.6 Å². The Labute approximate surface area is 821 Å². The van der Waals surface area contributed by atoms with Crippen molar-refractivity contribution in [2.24, 2.45) is 35.0 Å². The maximum Gasteiger partial charge on any atom is 0.305 e. The third-order valence-electron chi connectivity index (χ3n) is 23.4. The lowest BCUT2D eigenvalue weighted by molar-refractivity contribution is -0.143. The van der Waals surface area contributed by atoms with Crippen LogP contribution in [0.4, 0.5) is 0 Å². The molecule has 16 amide bonds. The number of carbonyl (C=O) groups is 17. The van der Waals surface area contributed by atoms with E-state index in [0.29, 0.717) is 39.4 Å². The minimum Gasteiger partial charge on any atom is -0.508 e. The van der Waals surface area contributed by atoms with Gasteiger partial charge in [-0.25, -0.2) is 0 Å². The molecule has 1 aliphatic heterocycles. The topological polar surface area (TPSA) is 688 Å². The van der Waals surface area contributed by atoms with E-state index in [4.69, 9.17) is 28.0 Å². The van der Waals surface area contributed by atoms with Gasteiger partial charge in [0.05, 0.1) is 18.3 Å². The van der Waals surface area contributed by atoms with E-state index in [-0.39, 0.29) is 94.5 Å². The summed E-state index contributed by atoms with van der Waals surface area (Å²) in [6, 6.07) is 12.4. The highest BCUT2D eigenvalue weighted by molar-refractivity contribution is 8.00. The summed E-state index contributed by atoms with van der Waals surface area (Å²) in [5.41, 5.74) is 20.7. The van der Waals surface area contributed by atoms with Crippen molar-refractivity contribution in [2.75, 3.05) is 31.6 Å². The molecule has 6 aromatic rings. The number of aromatic amines is 1. The Hall–Kier alpha value is -14.7. The van der Waals surface area contributed by atoms with E-state index in [1.807, 2.05) is 30.3 Å². The number of rotatable bonds is 29. The van der Waals surface area contributed by atoms with Gasteiger partial charge in [-0.15, -0.1) is 11.8 Å². The van der Waals surface area contributed by atoms with Gasteiger partial charge >= 0.3 is 5.97 Å². The van der Waals surface area contributed by atoms with Crippen molar-refractivity contribution in [3.8, 4) is 16.9 Å². The molecule has 1 fully saturated rings. The Morgan fingerprint density at radius 3 is 1.40 bits per heavy atom. The van der Waals surface area contributed by atoms with Crippen molar-refractivity contribution in [1.29, 1.82) is 10.8 Å². The van der Waals surface area contributed by atoms with Gasteiger partial charge in [0.2, 0.25) is 94.5 Å². The molecular weight excluding hydrogens is 1840 g/mol. The number of thioether (sulfide) groups is 1. The molecule has 7 rings (SSSR count). The summed E-state index contributed by atoms with van der Waals surface area (Å²) in [6.45, 7) is 15.1. The summed E-state index contributed by atoms with van der Waals surface area (Å²) in [6.07, 6.45) is -2.92. The van der Waals surface area contributed by atoms with Crippen LogP contribution in [0.5, 0.6) is 5.75 Å². The summed E-state index contributed by atoms with van der Waals surface area (Å²) in [5, 5.41) is 90.4. The number of carbonyl (C=O) groups excluding carboxylic acids is 16. The number of carboxylic acids is 1. The summed E-state index contributed by atoms with van der Waals surface area (Å²) in [4.78, 5) is 254. The minimum absolute atomic E-state index is 0.00818. The fourth-order valence-electron chi connectivity index (χ4n) is 15.4. The van der Waals surface area contributed by atoms with Crippen LogP contribution in [0.1, 0.15) is 143 Å². The van der Waals surface area contributed by atoms with Crippen molar-refractivity contribution in [3.05, 3.63) is 162 Å². The number of hydrogen-bond donors (Lipinski definition) is 25. The van der Waals surface area contributed by atoms with Gasteiger partial charge < -0.3 is 127 Å². The molecule has 1 aromatic heterocycles. The number of nitrogens with zero attached hydrogens (tertiary/aromatic N) is 1. The van der Waals surface area contributed by atoms with Crippen LogP contribution < -0.4 is 102 Å². The Morgan fingerprint density at radius 2 is 0.879 bits per heavy atom. The molecule has 16 atom stereocenters. The molecule has 0 radical (unpaired) electrons. The smallest absolute Gasteiger partial charge is 0.305 e. The summed E-state index contributed by atoms with van der Waals surface area (Å²) in [7, 11) is 1.26. The Bertz CT molecular complexity index is 5340. The predicted molar refractivity (Wildman–Crippen MR) is 527 cm³/mol. The second kappa shape index (κ2) is 55.8. The van der Waals surface area contributed by atoms with Gasteiger partial charge in [0.15, 0.2) is 11.9 Å². The summed E-state index contributed by atoms with van der Waals surface area (Å²) < 4.78 is 0. The number of aliphatic carboxylic acids is 1. The Kier molecular flexibility index (Phi) is 44.8. The van der Waals surface area contributed by atoms with Crippen LogP contribution in [0.15, 0.2) is 140 Å². The number of hydrogen-bond acceptors (Lipinski definition) is 22. The number of phenolic OH excluding ortho intramolecular Hbond substituents is 1. The molecule has 0 unspecified atom stereocenters. The van der Waals surface area contributed by atoms with Gasteiger partial charge in [-0.05, 0) is 129 Å². The number of aliphatic hydroxyl groups is 1. The van der Waals surface area contributed by atoms with E-state index in [2.05, 4.69) is 90.1 Å². The zero-order valence-corrected chi connectivity index (χ0v) is 81.7. The molecule has 0 bridgehead atoms. The summed E-state index contributed by atoms with van der Waals surface area (Å²) in [5.74, 6) is -22.0. The van der Waals surface area contributed by atoms with Crippen LogP contribution in [-0.2, 0) is 107 Å². The van der Waals surface area contributed by atoms with Crippen molar-refractivity contribution in [1.82, 2.24) is 95.0 Å².